The Labute approximate surface area is 232 Å². The van der Waals surface area contributed by atoms with Crippen LogP contribution in [0.15, 0.2) is 36.5 Å². The lowest BCUT2D eigenvalue weighted by Crippen LogP contribution is -2.30. The number of aromatic nitrogens is 2. The number of nitrogens with one attached hydrogen (secondary N) is 4. The standard InChI is InChI=1S/C26H33FN6O6S/c1-16-8-6-9-21(19(16)15-40(35,36)30-11-7-10-28-17(2)34)32-25-20(27)14-29-26(33-25)31-18-12-22(37-3)24(39-5)23(13-18)38-4/h6,8-9,12-14,30H,7,10-11,15H2,1-5H3,(H,28,34)(H2,29,31,32,33). The van der Waals surface area contributed by atoms with Crippen molar-refractivity contribution in [3.8, 4) is 17.2 Å². The lowest BCUT2D eigenvalue weighted by molar-refractivity contribution is -0.118. The molecule has 12 nitrogen and oxygen atoms in total. The maximum absolute atomic E-state index is 14.8. The normalized spacial score (nSPS) is 11.1. The smallest absolute Gasteiger partial charge is 0.229 e. The topological polar surface area (TPSA) is 153 Å². The van der Waals surface area contributed by atoms with E-state index >= 15 is 0 Å². The third kappa shape index (κ3) is 8.16. The summed E-state index contributed by atoms with van der Waals surface area (Å²) in [7, 11) is 0.733. The number of anilines is 4. The highest BCUT2D eigenvalue weighted by molar-refractivity contribution is 7.88. The number of hydrogen-bond acceptors (Lipinski definition) is 10. The van der Waals surface area contributed by atoms with Crippen molar-refractivity contribution in [2.24, 2.45) is 0 Å². The molecule has 3 rings (SSSR count). The van der Waals surface area contributed by atoms with Gasteiger partial charge in [-0.2, -0.15) is 4.98 Å². The summed E-state index contributed by atoms with van der Waals surface area (Å²) < 4.78 is 58.9. The molecule has 0 aliphatic carbocycles. The van der Waals surface area contributed by atoms with Gasteiger partial charge in [0.25, 0.3) is 0 Å². The number of sulfonamides is 1. The van der Waals surface area contributed by atoms with Crippen molar-refractivity contribution in [2.75, 3.05) is 45.1 Å². The Morgan fingerprint density at radius 2 is 1.73 bits per heavy atom. The second kappa shape index (κ2) is 13.8. The Balaban J connectivity index is 1.81. The van der Waals surface area contributed by atoms with Gasteiger partial charge in [0.1, 0.15) is 0 Å². The molecule has 0 bridgehead atoms. The van der Waals surface area contributed by atoms with Crippen molar-refractivity contribution in [1.29, 1.82) is 0 Å². The molecule has 0 aliphatic rings. The molecule has 2 aromatic carbocycles. The zero-order chi connectivity index (χ0) is 29.3. The van der Waals surface area contributed by atoms with Crippen LogP contribution in [0.25, 0.3) is 0 Å². The van der Waals surface area contributed by atoms with E-state index in [2.05, 4.69) is 30.6 Å². The van der Waals surface area contributed by atoms with E-state index in [0.29, 0.717) is 52.7 Å². The van der Waals surface area contributed by atoms with Crippen LogP contribution in [-0.4, -0.2) is 58.7 Å². The Bertz CT molecular complexity index is 1430. The minimum Gasteiger partial charge on any atom is -0.493 e. The summed E-state index contributed by atoms with van der Waals surface area (Å²) in [5.41, 5.74) is 2.02. The van der Waals surface area contributed by atoms with Gasteiger partial charge in [0.15, 0.2) is 23.1 Å². The van der Waals surface area contributed by atoms with Crippen molar-refractivity contribution in [2.45, 2.75) is 26.0 Å². The molecule has 216 valence electrons. The lowest BCUT2D eigenvalue weighted by Gasteiger charge is -2.16. The second-order valence-electron chi connectivity index (χ2n) is 8.65. The fraction of sp³-hybridized carbons (Fsp3) is 0.346. The van der Waals surface area contributed by atoms with E-state index in [0.717, 1.165) is 6.20 Å². The number of aryl methyl sites for hydroxylation is 1. The predicted molar refractivity (Wildman–Crippen MR) is 150 cm³/mol. The number of carbonyl (C=O) groups is 1. The van der Waals surface area contributed by atoms with E-state index in [4.69, 9.17) is 14.2 Å². The maximum Gasteiger partial charge on any atom is 0.229 e. The van der Waals surface area contributed by atoms with E-state index in [1.165, 1.54) is 28.3 Å². The van der Waals surface area contributed by atoms with Gasteiger partial charge in [0.05, 0.1) is 33.3 Å². The molecule has 0 radical (unpaired) electrons. The highest BCUT2D eigenvalue weighted by Gasteiger charge is 2.19. The molecule has 0 atom stereocenters. The van der Waals surface area contributed by atoms with E-state index in [1.54, 1.807) is 37.3 Å². The van der Waals surface area contributed by atoms with Crippen molar-refractivity contribution in [3.05, 3.63) is 53.5 Å². The van der Waals surface area contributed by atoms with Crippen LogP contribution >= 0.6 is 0 Å². The zero-order valence-corrected chi connectivity index (χ0v) is 23.7. The van der Waals surface area contributed by atoms with Gasteiger partial charge < -0.3 is 30.2 Å². The molecular formula is C26H33FN6O6S. The predicted octanol–water partition coefficient (Wildman–Crippen LogP) is 3.38. The first kappa shape index (κ1) is 30.4. The fourth-order valence-corrected chi connectivity index (χ4v) is 5.08. The monoisotopic (exact) mass is 576 g/mol. The number of nitrogens with zero attached hydrogens (tertiary/aromatic N) is 2. The third-order valence-corrected chi connectivity index (χ3v) is 7.02. The quantitative estimate of drug-likeness (QED) is 0.210. The second-order valence-corrected chi connectivity index (χ2v) is 10.5. The molecule has 0 saturated heterocycles. The Morgan fingerprint density at radius 3 is 2.35 bits per heavy atom. The number of amides is 1. The van der Waals surface area contributed by atoms with E-state index < -0.39 is 15.8 Å². The average Bonchev–Trinajstić information content (AvgIpc) is 2.91. The maximum atomic E-state index is 14.8. The van der Waals surface area contributed by atoms with Crippen molar-refractivity contribution >= 4 is 39.1 Å². The van der Waals surface area contributed by atoms with E-state index in [1.807, 2.05) is 0 Å². The van der Waals surface area contributed by atoms with Crippen LogP contribution in [0.5, 0.6) is 17.2 Å². The number of benzene rings is 2. The van der Waals surface area contributed by atoms with Crippen LogP contribution in [0, 0.1) is 12.7 Å². The molecule has 3 aromatic rings. The van der Waals surface area contributed by atoms with Crippen molar-refractivity contribution in [3.63, 3.8) is 0 Å². The van der Waals surface area contributed by atoms with Gasteiger partial charge in [-0.15, -0.1) is 0 Å². The van der Waals surface area contributed by atoms with Crippen LogP contribution < -0.4 is 34.9 Å². The minimum absolute atomic E-state index is 0.0702. The summed E-state index contributed by atoms with van der Waals surface area (Å²) in [5, 5.41) is 8.51. The van der Waals surface area contributed by atoms with E-state index in [-0.39, 0.29) is 30.0 Å². The summed E-state index contributed by atoms with van der Waals surface area (Å²) in [4.78, 5) is 19.2. The van der Waals surface area contributed by atoms with Crippen LogP contribution in [0.3, 0.4) is 0 Å². The number of carbonyl (C=O) groups excluding carboxylic acids is 1. The summed E-state index contributed by atoms with van der Waals surface area (Å²) in [6.45, 7) is 3.67. The highest BCUT2D eigenvalue weighted by Crippen LogP contribution is 2.40. The van der Waals surface area contributed by atoms with Crippen LogP contribution in [0.4, 0.5) is 27.5 Å². The Morgan fingerprint density at radius 1 is 1.02 bits per heavy atom. The molecule has 1 heterocycles. The van der Waals surface area contributed by atoms with Gasteiger partial charge >= 0.3 is 0 Å². The summed E-state index contributed by atoms with van der Waals surface area (Å²) >= 11 is 0. The van der Waals surface area contributed by atoms with Crippen molar-refractivity contribution < 1.29 is 31.8 Å². The third-order valence-electron chi connectivity index (χ3n) is 5.71. The average molecular weight is 577 g/mol. The molecule has 40 heavy (non-hydrogen) atoms. The van der Waals surface area contributed by atoms with Gasteiger partial charge in [0.2, 0.25) is 27.6 Å². The molecule has 1 aromatic heterocycles. The first-order chi connectivity index (χ1) is 19.1. The van der Waals surface area contributed by atoms with Gasteiger partial charge in [-0.1, -0.05) is 12.1 Å². The molecule has 0 spiro atoms. The number of rotatable bonds is 14. The first-order valence-electron chi connectivity index (χ1n) is 12.2. The first-order valence-corrected chi connectivity index (χ1v) is 13.9. The van der Waals surface area contributed by atoms with E-state index in [9.17, 15) is 17.6 Å². The molecular weight excluding hydrogens is 543 g/mol. The SMILES string of the molecule is COc1cc(Nc2ncc(F)c(Nc3cccc(C)c3CS(=O)(=O)NCCCNC(C)=O)n2)cc(OC)c1OC. The number of methoxy groups -OCH3 is 3. The fourth-order valence-electron chi connectivity index (χ4n) is 3.76. The zero-order valence-electron chi connectivity index (χ0n) is 22.9. The van der Waals surface area contributed by atoms with Crippen LogP contribution in [0.2, 0.25) is 0 Å². The molecule has 0 aliphatic heterocycles. The molecule has 1 amide bonds. The molecule has 4 N–H and O–H groups in total. The summed E-state index contributed by atoms with van der Waals surface area (Å²) in [6.07, 6.45) is 1.43. The number of hydrogen-bond donors (Lipinski definition) is 4. The molecule has 0 saturated carbocycles. The minimum atomic E-state index is -3.73. The Kier molecular flexibility index (Phi) is 10.4. The highest BCUT2D eigenvalue weighted by atomic mass is 32.2. The summed E-state index contributed by atoms with van der Waals surface area (Å²) in [5.74, 6) is -0.136. The molecule has 14 heteroatoms. The number of ether oxygens (including phenoxy) is 3. The number of halogens is 1. The lowest BCUT2D eigenvalue weighted by atomic mass is 10.1. The van der Waals surface area contributed by atoms with Gasteiger partial charge in [-0.3, -0.25) is 4.79 Å². The van der Waals surface area contributed by atoms with Gasteiger partial charge in [-0.05, 0) is 30.5 Å². The molecule has 0 fully saturated rings. The van der Waals surface area contributed by atoms with Crippen molar-refractivity contribution in [1.82, 2.24) is 20.0 Å². The van der Waals surface area contributed by atoms with Crippen LogP contribution in [0.1, 0.15) is 24.5 Å². The largest absolute Gasteiger partial charge is 0.493 e. The Hall–Kier alpha value is -4.17. The summed E-state index contributed by atoms with van der Waals surface area (Å²) in [6, 6.07) is 8.42. The van der Waals surface area contributed by atoms with Crippen LogP contribution in [-0.2, 0) is 20.6 Å². The van der Waals surface area contributed by atoms with Gasteiger partial charge in [-0.25, -0.2) is 22.5 Å². The molecule has 0 unspecified atom stereocenters. The van der Waals surface area contributed by atoms with Gasteiger partial charge in [0, 0.05) is 43.5 Å².